The lowest BCUT2D eigenvalue weighted by Gasteiger charge is -2.17. The summed E-state index contributed by atoms with van der Waals surface area (Å²) in [4.78, 5) is 55.6. The molecule has 0 saturated carbocycles. The number of amides is 2. The molecule has 3 aromatic rings. The van der Waals surface area contributed by atoms with E-state index in [1.807, 2.05) is 5.43 Å². The van der Waals surface area contributed by atoms with E-state index < -0.39 is 61.7 Å². The van der Waals surface area contributed by atoms with E-state index in [1.54, 1.807) is 60.7 Å². The van der Waals surface area contributed by atoms with Gasteiger partial charge >= 0.3 is 0 Å². The Bertz CT molecular complexity index is 1300. The summed E-state index contributed by atoms with van der Waals surface area (Å²) in [7, 11) is 0. The van der Waals surface area contributed by atoms with Crippen molar-refractivity contribution in [1.29, 1.82) is 0 Å². The molecular formula is C23H18N6O8. The van der Waals surface area contributed by atoms with Gasteiger partial charge in [-0.05, 0) is 11.1 Å². The zero-order valence-electron chi connectivity index (χ0n) is 18.8. The summed E-state index contributed by atoms with van der Waals surface area (Å²) in [6, 6.07) is 18.9. The smallest absolute Gasteiger partial charge is 0.292 e. The normalized spacial score (nSPS) is 10.7. The molecule has 14 nitrogen and oxygen atoms in total. The largest absolute Gasteiger partial charge is 0.346 e. The Hall–Kier alpha value is -5.53. The Kier molecular flexibility index (Phi) is 8.28. The van der Waals surface area contributed by atoms with Gasteiger partial charge in [-0.15, -0.1) is 0 Å². The molecule has 0 heterocycles. The highest BCUT2D eigenvalue weighted by Gasteiger charge is 2.29. The first kappa shape index (κ1) is 26.1. The molecule has 0 unspecified atom stereocenters. The van der Waals surface area contributed by atoms with E-state index in [-0.39, 0.29) is 0 Å². The van der Waals surface area contributed by atoms with E-state index in [0.717, 1.165) is 0 Å². The van der Waals surface area contributed by atoms with E-state index >= 15 is 0 Å². The summed E-state index contributed by atoms with van der Waals surface area (Å²) < 4.78 is 0. The van der Waals surface area contributed by atoms with E-state index in [0.29, 0.717) is 29.5 Å². The number of carbonyl (C=O) groups is 2. The molecule has 188 valence electrons. The van der Waals surface area contributed by atoms with Crippen LogP contribution in [-0.4, -0.2) is 39.3 Å². The average molecular weight is 506 g/mol. The van der Waals surface area contributed by atoms with Gasteiger partial charge in [0.15, 0.2) is 5.56 Å². The molecule has 0 spiro atoms. The predicted octanol–water partition coefficient (Wildman–Crippen LogP) is 2.81. The number of carbonyl (C=O) groups excluding carboxylic acids is 2. The first-order valence-corrected chi connectivity index (χ1v) is 10.5. The van der Waals surface area contributed by atoms with Crippen LogP contribution in [0.25, 0.3) is 0 Å². The fraction of sp³-hybridized carbons (Fsp3) is 0.0870. The van der Waals surface area contributed by atoms with Crippen LogP contribution >= 0.6 is 0 Å². The third-order valence-electron chi connectivity index (χ3n) is 5.06. The number of hydrogen-bond donors (Lipinski definition) is 2. The topological polar surface area (TPSA) is 200 Å². The van der Waals surface area contributed by atoms with Crippen LogP contribution in [0.1, 0.15) is 22.6 Å². The van der Waals surface area contributed by atoms with Gasteiger partial charge in [-0.1, -0.05) is 60.7 Å². The average Bonchev–Trinajstić information content (AvgIpc) is 2.88. The third kappa shape index (κ3) is 6.54. The van der Waals surface area contributed by atoms with Gasteiger partial charge in [0.2, 0.25) is 5.91 Å². The highest BCUT2D eigenvalue weighted by Crippen LogP contribution is 2.32. The van der Waals surface area contributed by atoms with Crippen molar-refractivity contribution in [2.45, 2.75) is 5.92 Å². The molecule has 37 heavy (non-hydrogen) atoms. The summed E-state index contributed by atoms with van der Waals surface area (Å²) in [5, 5.41) is 39.5. The lowest BCUT2D eigenvalue weighted by atomic mass is 9.90. The van der Waals surface area contributed by atoms with Crippen molar-refractivity contribution in [2.75, 3.05) is 6.54 Å². The van der Waals surface area contributed by atoms with Crippen LogP contribution in [0, 0.1) is 30.3 Å². The number of hydrogen-bond acceptors (Lipinski definition) is 9. The van der Waals surface area contributed by atoms with Gasteiger partial charge in [-0.2, -0.15) is 5.10 Å². The molecule has 0 aliphatic rings. The molecular weight excluding hydrogens is 488 g/mol. The molecule has 0 atom stereocenters. The minimum absolute atomic E-state index is 0.474. The first-order valence-electron chi connectivity index (χ1n) is 10.5. The predicted molar refractivity (Wildman–Crippen MR) is 130 cm³/mol. The quantitative estimate of drug-likeness (QED) is 0.237. The molecule has 3 aromatic carbocycles. The molecule has 0 radical (unpaired) electrons. The van der Waals surface area contributed by atoms with Crippen LogP contribution < -0.4 is 10.7 Å². The Morgan fingerprint density at radius 1 is 0.811 bits per heavy atom. The standard InChI is InChI=1S/C23H18N6O8/c30-21(14-24-23(31)22(15-7-3-1-4-8-15)16-9-5-2-6-10-16)26-25-13-18-19(28(34)35)11-17(27(32)33)12-20(18)29(36)37/h1-13,22H,14H2,(H,24,31)(H,26,30)/b25-13-. The first-order chi connectivity index (χ1) is 17.7. The van der Waals surface area contributed by atoms with Crippen molar-refractivity contribution in [2.24, 2.45) is 5.10 Å². The molecule has 0 aliphatic carbocycles. The number of hydrazone groups is 1. The minimum atomic E-state index is -1.04. The summed E-state index contributed by atoms with van der Waals surface area (Å²) in [5.41, 5.74) is 0.00970. The maximum absolute atomic E-state index is 12.9. The van der Waals surface area contributed by atoms with Crippen LogP contribution in [0.4, 0.5) is 17.1 Å². The van der Waals surface area contributed by atoms with Crippen molar-refractivity contribution in [3.05, 3.63) is 120 Å². The monoisotopic (exact) mass is 506 g/mol. The maximum Gasteiger partial charge on any atom is 0.292 e. The van der Waals surface area contributed by atoms with E-state index in [4.69, 9.17) is 0 Å². The van der Waals surface area contributed by atoms with E-state index in [9.17, 15) is 39.9 Å². The van der Waals surface area contributed by atoms with Crippen LogP contribution in [0.2, 0.25) is 0 Å². The van der Waals surface area contributed by atoms with Crippen LogP contribution in [0.5, 0.6) is 0 Å². The zero-order valence-corrected chi connectivity index (χ0v) is 18.8. The molecule has 0 aromatic heterocycles. The van der Waals surface area contributed by atoms with Crippen LogP contribution in [0.3, 0.4) is 0 Å². The van der Waals surface area contributed by atoms with E-state index in [1.165, 1.54) is 0 Å². The third-order valence-corrected chi connectivity index (χ3v) is 5.06. The molecule has 14 heteroatoms. The van der Waals surface area contributed by atoms with Crippen molar-refractivity contribution >= 4 is 35.1 Å². The summed E-state index contributed by atoms with van der Waals surface area (Å²) >= 11 is 0. The number of nitrogens with zero attached hydrogens (tertiary/aromatic N) is 4. The van der Waals surface area contributed by atoms with E-state index in [2.05, 4.69) is 10.4 Å². The second kappa shape index (κ2) is 11.7. The molecule has 2 amide bonds. The Morgan fingerprint density at radius 3 is 1.73 bits per heavy atom. The van der Waals surface area contributed by atoms with Crippen LogP contribution in [-0.2, 0) is 9.59 Å². The molecule has 0 bridgehead atoms. The SMILES string of the molecule is O=C(CNC(=O)C(c1ccccc1)c1ccccc1)N/N=C\c1c([N+](=O)[O-])cc([N+](=O)[O-])cc1[N+](=O)[O-]. The summed E-state index contributed by atoms with van der Waals surface area (Å²) in [6.07, 6.45) is 0.635. The molecule has 0 saturated heterocycles. The highest BCUT2D eigenvalue weighted by molar-refractivity contribution is 5.93. The Labute approximate surface area is 208 Å². The maximum atomic E-state index is 12.9. The second-order valence-corrected chi connectivity index (χ2v) is 7.43. The van der Waals surface area contributed by atoms with Gasteiger partial charge in [-0.3, -0.25) is 39.9 Å². The summed E-state index contributed by atoms with van der Waals surface area (Å²) in [6.45, 7) is -0.517. The number of nitrogens with one attached hydrogen (secondary N) is 2. The van der Waals surface area contributed by atoms with Crippen molar-refractivity contribution in [3.63, 3.8) is 0 Å². The van der Waals surface area contributed by atoms with Crippen LogP contribution in [0.15, 0.2) is 77.9 Å². The lowest BCUT2D eigenvalue weighted by Crippen LogP contribution is -2.37. The molecule has 0 aliphatic heterocycles. The molecule has 3 rings (SSSR count). The van der Waals surface area contributed by atoms with Crippen molar-refractivity contribution < 1.29 is 24.4 Å². The van der Waals surface area contributed by atoms with Gasteiger partial charge in [0, 0.05) is 0 Å². The molecule has 2 N–H and O–H groups in total. The second-order valence-electron chi connectivity index (χ2n) is 7.43. The number of non-ortho nitro benzene ring substituents is 1. The number of nitro groups is 3. The van der Waals surface area contributed by atoms with Gasteiger partial charge in [0.25, 0.3) is 23.0 Å². The van der Waals surface area contributed by atoms with Gasteiger partial charge in [-0.25, -0.2) is 5.43 Å². The number of benzene rings is 3. The fourth-order valence-electron chi connectivity index (χ4n) is 3.41. The summed E-state index contributed by atoms with van der Waals surface area (Å²) in [5.74, 6) is -2.00. The Balaban J connectivity index is 1.73. The number of rotatable bonds is 10. The minimum Gasteiger partial charge on any atom is -0.346 e. The highest BCUT2D eigenvalue weighted by atomic mass is 16.6. The van der Waals surface area contributed by atoms with Gasteiger partial charge < -0.3 is 5.32 Å². The van der Waals surface area contributed by atoms with Gasteiger partial charge in [0.05, 0.1) is 45.6 Å². The fourth-order valence-corrected chi connectivity index (χ4v) is 3.41. The lowest BCUT2D eigenvalue weighted by molar-refractivity contribution is -0.403. The van der Waals surface area contributed by atoms with Crippen molar-refractivity contribution in [3.8, 4) is 0 Å². The number of nitro benzene ring substituents is 3. The Morgan fingerprint density at radius 2 is 1.30 bits per heavy atom. The molecule has 0 fully saturated rings. The van der Waals surface area contributed by atoms with Crippen molar-refractivity contribution in [1.82, 2.24) is 10.7 Å². The zero-order chi connectivity index (χ0) is 26.9. The van der Waals surface area contributed by atoms with Gasteiger partial charge in [0.1, 0.15) is 0 Å².